The summed E-state index contributed by atoms with van der Waals surface area (Å²) < 4.78 is 51.2. The number of aromatic nitrogens is 1. The zero-order valence-corrected chi connectivity index (χ0v) is 7.99. The molecule has 0 atom stereocenters. The maximum absolute atomic E-state index is 12.9. The van der Waals surface area contributed by atoms with Crippen LogP contribution in [0.4, 0.5) is 23.2 Å². The van der Waals surface area contributed by atoms with Gasteiger partial charge in [0, 0.05) is 6.20 Å². The summed E-state index contributed by atoms with van der Waals surface area (Å²) in [6.07, 6.45) is -4.12. The summed E-state index contributed by atoms with van der Waals surface area (Å²) in [4.78, 5) is 3.17. The molecule has 0 bridgehead atoms. The number of anilines is 1. The van der Waals surface area contributed by atoms with Gasteiger partial charge in [0.25, 0.3) is 0 Å². The van der Waals surface area contributed by atoms with Gasteiger partial charge in [0.1, 0.15) is 5.69 Å². The molecule has 0 saturated heterocycles. The first kappa shape index (κ1) is 11.0. The van der Waals surface area contributed by atoms with E-state index in [1.807, 2.05) is 0 Å². The molecule has 0 saturated carbocycles. The molecule has 0 aliphatic heterocycles. The molecule has 0 aliphatic rings. The second-order valence-corrected chi connectivity index (χ2v) is 3.04. The van der Waals surface area contributed by atoms with Gasteiger partial charge in [-0.15, -0.1) is 13.2 Å². The number of ether oxygens (including phenoxy) is 1. The number of alkyl halides is 3. The van der Waals surface area contributed by atoms with Gasteiger partial charge in [-0.2, -0.15) is 0 Å². The van der Waals surface area contributed by atoms with Gasteiger partial charge in [-0.05, 0) is 15.9 Å². The smallest absolute Gasteiger partial charge is 0.392 e. The molecule has 0 unspecified atom stereocenters. The van der Waals surface area contributed by atoms with E-state index in [2.05, 4.69) is 25.7 Å². The number of nitrogen functional groups attached to an aromatic ring is 1. The molecule has 0 aliphatic carbocycles. The fourth-order valence-corrected chi connectivity index (χ4v) is 0.971. The van der Waals surface area contributed by atoms with E-state index >= 15 is 0 Å². The van der Waals surface area contributed by atoms with E-state index in [0.717, 1.165) is 6.20 Å². The van der Waals surface area contributed by atoms with Gasteiger partial charge in [-0.3, -0.25) is 0 Å². The molecule has 1 heterocycles. The predicted molar refractivity (Wildman–Crippen MR) is 43.0 cm³/mol. The van der Waals surface area contributed by atoms with E-state index in [-0.39, 0.29) is 4.47 Å². The molecular formula is C6H3BrF4N2O. The van der Waals surface area contributed by atoms with Crippen molar-refractivity contribution in [3.63, 3.8) is 0 Å². The van der Waals surface area contributed by atoms with Crippen LogP contribution in [-0.2, 0) is 0 Å². The van der Waals surface area contributed by atoms with Crippen LogP contribution in [-0.4, -0.2) is 11.3 Å². The van der Waals surface area contributed by atoms with Crippen molar-refractivity contribution in [3.8, 4) is 5.88 Å². The van der Waals surface area contributed by atoms with Crippen LogP contribution in [0, 0.1) is 5.82 Å². The van der Waals surface area contributed by atoms with E-state index in [0.29, 0.717) is 0 Å². The van der Waals surface area contributed by atoms with Crippen LogP contribution in [0.1, 0.15) is 0 Å². The first-order valence-electron chi connectivity index (χ1n) is 3.16. The number of halogens is 5. The molecule has 0 amide bonds. The Hall–Kier alpha value is -1.05. The van der Waals surface area contributed by atoms with E-state index in [4.69, 9.17) is 5.73 Å². The minimum Gasteiger partial charge on any atom is -0.392 e. The minimum atomic E-state index is -4.94. The van der Waals surface area contributed by atoms with Gasteiger partial charge in [0.2, 0.25) is 5.88 Å². The van der Waals surface area contributed by atoms with Crippen molar-refractivity contribution < 1.29 is 22.3 Å². The summed E-state index contributed by atoms with van der Waals surface area (Å²) in [6, 6.07) is 0. The predicted octanol–water partition coefficient (Wildman–Crippen LogP) is 2.46. The van der Waals surface area contributed by atoms with Crippen LogP contribution >= 0.6 is 15.9 Å². The first-order valence-corrected chi connectivity index (χ1v) is 3.96. The summed E-state index contributed by atoms with van der Waals surface area (Å²) in [6.45, 7) is 0. The van der Waals surface area contributed by atoms with E-state index < -0.39 is 23.7 Å². The van der Waals surface area contributed by atoms with Crippen LogP contribution in [0.5, 0.6) is 5.88 Å². The molecule has 1 aromatic heterocycles. The molecular weight excluding hydrogens is 272 g/mol. The van der Waals surface area contributed by atoms with Crippen LogP contribution in [0.25, 0.3) is 0 Å². The summed E-state index contributed by atoms with van der Waals surface area (Å²) in [5.41, 5.74) is 4.20. The minimum absolute atomic E-state index is 0.135. The summed E-state index contributed by atoms with van der Waals surface area (Å²) >= 11 is 2.71. The standard InChI is InChI=1S/C6H3BrF4N2O/c7-2-1-13-5(4(12)3(2)8)14-6(9,10)11/h1H,12H2. The Morgan fingerprint density at radius 1 is 1.43 bits per heavy atom. The topological polar surface area (TPSA) is 48.1 Å². The van der Waals surface area contributed by atoms with Crippen molar-refractivity contribution in [1.29, 1.82) is 0 Å². The fourth-order valence-electron chi connectivity index (χ4n) is 0.655. The van der Waals surface area contributed by atoms with Crippen LogP contribution in [0.2, 0.25) is 0 Å². The largest absolute Gasteiger partial charge is 0.574 e. The van der Waals surface area contributed by atoms with Crippen molar-refractivity contribution in [3.05, 3.63) is 16.5 Å². The third-order valence-corrected chi connectivity index (χ3v) is 1.74. The second kappa shape index (κ2) is 3.60. The van der Waals surface area contributed by atoms with E-state index in [1.54, 1.807) is 0 Å². The lowest BCUT2D eigenvalue weighted by atomic mass is 10.4. The molecule has 78 valence electrons. The van der Waals surface area contributed by atoms with E-state index in [1.165, 1.54) is 0 Å². The Kier molecular flexibility index (Phi) is 2.84. The quantitative estimate of drug-likeness (QED) is 0.801. The summed E-state index contributed by atoms with van der Waals surface area (Å²) in [5, 5.41) is 0. The molecule has 8 heteroatoms. The third kappa shape index (κ3) is 2.47. The Bertz CT molecular complexity index is 354. The average Bonchev–Trinajstić information content (AvgIpc) is 2.04. The van der Waals surface area contributed by atoms with Crippen molar-refractivity contribution in [2.75, 3.05) is 5.73 Å². The highest BCUT2D eigenvalue weighted by molar-refractivity contribution is 9.10. The van der Waals surface area contributed by atoms with Crippen molar-refractivity contribution in [1.82, 2.24) is 4.98 Å². The summed E-state index contributed by atoms with van der Waals surface area (Å²) in [7, 11) is 0. The first-order chi connectivity index (χ1) is 6.31. The van der Waals surface area contributed by atoms with E-state index in [9.17, 15) is 17.6 Å². The number of nitrogens with two attached hydrogens (primary N) is 1. The lowest BCUT2D eigenvalue weighted by Crippen LogP contribution is -2.19. The SMILES string of the molecule is Nc1c(OC(F)(F)F)ncc(Br)c1F. The normalized spacial score (nSPS) is 11.5. The Morgan fingerprint density at radius 3 is 2.50 bits per heavy atom. The Morgan fingerprint density at radius 2 is 2.00 bits per heavy atom. The fraction of sp³-hybridized carbons (Fsp3) is 0.167. The molecule has 14 heavy (non-hydrogen) atoms. The number of hydrogen-bond acceptors (Lipinski definition) is 3. The van der Waals surface area contributed by atoms with Crippen LogP contribution in [0.3, 0.4) is 0 Å². The van der Waals surface area contributed by atoms with Gasteiger partial charge >= 0.3 is 6.36 Å². The second-order valence-electron chi connectivity index (χ2n) is 2.19. The van der Waals surface area contributed by atoms with Crippen molar-refractivity contribution in [2.45, 2.75) is 6.36 Å². The average molecular weight is 275 g/mol. The van der Waals surface area contributed by atoms with Crippen LogP contribution in [0.15, 0.2) is 10.7 Å². The van der Waals surface area contributed by atoms with Gasteiger partial charge in [-0.1, -0.05) is 0 Å². The summed E-state index contributed by atoms with van der Waals surface area (Å²) in [5.74, 6) is -2.04. The maximum atomic E-state index is 12.9. The highest BCUT2D eigenvalue weighted by Gasteiger charge is 2.33. The molecule has 0 spiro atoms. The number of rotatable bonds is 1. The number of nitrogens with zero attached hydrogens (tertiary/aromatic N) is 1. The van der Waals surface area contributed by atoms with Crippen molar-refractivity contribution >= 4 is 21.6 Å². The highest BCUT2D eigenvalue weighted by Crippen LogP contribution is 2.30. The molecule has 3 nitrogen and oxygen atoms in total. The van der Waals surface area contributed by atoms with Gasteiger partial charge in [0.15, 0.2) is 5.82 Å². The number of hydrogen-bond donors (Lipinski definition) is 1. The molecule has 2 N–H and O–H groups in total. The molecule has 1 rings (SSSR count). The third-order valence-electron chi connectivity index (χ3n) is 1.18. The van der Waals surface area contributed by atoms with Gasteiger partial charge in [0.05, 0.1) is 4.47 Å². The Labute approximate surface area is 84.0 Å². The molecule has 1 aromatic rings. The lowest BCUT2D eigenvalue weighted by molar-refractivity contribution is -0.275. The highest BCUT2D eigenvalue weighted by atomic mass is 79.9. The maximum Gasteiger partial charge on any atom is 0.574 e. The van der Waals surface area contributed by atoms with Gasteiger partial charge < -0.3 is 10.5 Å². The zero-order valence-electron chi connectivity index (χ0n) is 6.40. The van der Waals surface area contributed by atoms with Crippen LogP contribution < -0.4 is 10.5 Å². The van der Waals surface area contributed by atoms with Crippen molar-refractivity contribution in [2.24, 2.45) is 0 Å². The molecule has 0 fully saturated rings. The molecule has 0 aromatic carbocycles. The number of pyridine rings is 1. The Balaban J connectivity index is 3.06. The van der Waals surface area contributed by atoms with Gasteiger partial charge in [-0.25, -0.2) is 9.37 Å². The molecule has 0 radical (unpaired) electrons. The lowest BCUT2D eigenvalue weighted by Gasteiger charge is -2.10. The zero-order chi connectivity index (χ0) is 10.9. The monoisotopic (exact) mass is 274 g/mol.